The molecule has 4 rings (SSSR count). The van der Waals surface area contributed by atoms with Gasteiger partial charge in [-0.1, -0.05) is 32.0 Å². The van der Waals surface area contributed by atoms with E-state index < -0.39 is 37.1 Å². The number of hydrogen-bond acceptors (Lipinski definition) is 11. The Labute approximate surface area is 258 Å². The third-order valence-electron chi connectivity index (χ3n) is 6.12. The highest BCUT2D eigenvalue weighted by atomic mass is 31.2. The van der Waals surface area contributed by atoms with Crippen LogP contribution in [0.4, 0.5) is 0 Å². The Kier molecular flexibility index (Phi) is 10.4. The molecule has 0 saturated carbocycles. The Morgan fingerprint density at radius 3 is 2.09 bits per heavy atom. The first-order valence-corrected chi connectivity index (χ1v) is 15.4. The normalized spacial score (nSPS) is 13.0. The molecular formula is C32H32NO11P. The monoisotopic (exact) mass is 637 g/mol. The highest BCUT2D eigenvalue weighted by molar-refractivity contribution is 7.52. The Balaban J connectivity index is 1.81. The van der Waals surface area contributed by atoms with E-state index >= 15 is 0 Å². The Hall–Kier alpha value is -4.93. The maximum Gasteiger partial charge on any atom is 0.513 e. The SMILES string of the molecule is COC(=O)[C@H](CC(C)C)NP(=O)(Oc1ccccc1)Oc1cc(OC(C)=O)c2c(=O)cc(-c3ccc(OC(C)=O)cc3)oc2c1. The van der Waals surface area contributed by atoms with Gasteiger partial charge in [0.25, 0.3) is 0 Å². The van der Waals surface area contributed by atoms with Gasteiger partial charge >= 0.3 is 25.7 Å². The van der Waals surface area contributed by atoms with Crippen molar-refractivity contribution in [3.05, 3.63) is 83.0 Å². The number of hydrogen-bond donors (Lipinski definition) is 1. The summed E-state index contributed by atoms with van der Waals surface area (Å²) in [6.07, 6.45) is 0.239. The number of fused-ring (bicyclic) bond motifs is 1. The number of para-hydroxylation sites is 1. The van der Waals surface area contributed by atoms with Crippen molar-refractivity contribution < 1.29 is 46.6 Å². The zero-order chi connectivity index (χ0) is 32.7. The molecular weight excluding hydrogens is 605 g/mol. The van der Waals surface area contributed by atoms with Gasteiger partial charge < -0.3 is 27.7 Å². The fourth-order valence-electron chi connectivity index (χ4n) is 4.35. The van der Waals surface area contributed by atoms with Crippen molar-refractivity contribution in [2.24, 2.45) is 5.92 Å². The van der Waals surface area contributed by atoms with Crippen LogP contribution in [-0.2, 0) is 23.7 Å². The fourth-order valence-corrected chi connectivity index (χ4v) is 5.87. The van der Waals surface area contributed by atoms with E-state index in [1.165, 1.54) is 44.4 Å². The van der Waals surface area contributed by atoms with Crippen LogP contribution in [0.1, 0.15) is 34.1 Å². The van der Waals surface area contributed by atoms with Crippen LogP contribution in [0.5, 0.6) is 23.0 Å². The van der Waals surface area contributed by atoms with E-state index in [1.807, 2.05) is 13.8 Å². The summed E-state index contributed by atoms with van der Waals surface area (Å²) in [6, 6.07) is 17.0. The topological polar surface area (TPSA) is 157 Å². The van der Waals surface area contributed by atoms with Gasteiger partial charge in [-0.2, -0.15) is 5.09 Å². The van der Waals surface area contributed by atoms with Crippen LogP contribution in [0.15, 0.2) is 82.0 Å². The number of esters is 3. The van der Waals surface area contributed by atoms with Crippen molar-refractivity contribution >= 4 is 36.6 Å². The lowest BCUT2D eigenvalue weighted by molar-refractivity contribution is -0.143. The summed E-state index contributed by atoms with van der Waals surface area (Å²) in [6.45, 7) is 6.17. The highest BCUT2D eigenvalue weighted by Gasteiger charge is 2.36. The van der Waals surface area contributed by atoms with Gasteiger partial charge in [0.1, 0.15) is 45.8 Å². The predicted molar refractivity (Wildman–Crippen MR) is 164 cm³/mol. The second-order valence-corrected chi connectivity index (χ2v) is 11.9. The fraction of sp³-hybridized carbons (Fsp3) is 0.250. The lowest BCUT2D eigenvalue weighted by atomic mass is 10.1. The maximum absolute atomic E-state index is 14.3. The van der Waals surface area contributed by atoms with Gasteiger partial charge in [0.15, 0.2) is 5.43 Å². The largest absolute Gasteiger partial charge is 0.513 e. The third kappa shape index (κ3) is 8.81. The molecule has 45 heavy (non-hydrogen) atoms. The minimum Gasteiger partial charge on any atom is -0.468 e. The molecule has 0 aliphatic rings. The lowest BCUT2D eigenvalue weighted by Gasteiger charge is -2.25. The van der Waals surface area contributed by atoms with Crippen LogP contribution >= 0.6 is 7.75 Å². The van der Waals surface area contributed by atoms with Gasteiger partial charge in [-0.15, -0.1) is 0 Å². The predicted octanol–water partition coefficient (Wildman–Crippen LogP) is 6.05. The molecule has 2 atom stereocenters. The molecule has 4 aromatic rings. The van der Waals surface area contributed by atoms with Gasteiger partial charge in [-0.05, 0) is 48.7 Å². The van der Waals surface area contributed by atoms with E-state index in [0.29, 0.717) is 11.3 Å². The molecule has 0 aliphatic carbocycles. The van der Waals surface area contributed by atoms with Crippen molar-refractivity contribution in [1.29, 1.82) is 0 Å². The van der Waals surface area contributed by atoms with Gasteiger partial charge in [0.2, 0.25) is 0 Å². The van der Waals surface area contributed by atoms with Gasteiger partial charge in [0.05, 0.1) is 7.11 Å². The molecule has 0 spiro atoms. The molecule has 0 fully saturated rings. The number of methoxy groups -OCH3 is 1. The molecule has 13 heteroatoms. The van der Waals surface area contributed by atoms with Crippen molar-refractivity contribution in [2.75, 3.05) is 7.11 Å². The summed E-state index contributed by atoms with van der Waals surface area (Å²) in [7, 11) is -3.22. The molecule has 0 bridgehead atoms. The molecule has 1 heterocycles. The first kappa shape index (κ1) is 33.0. The molecule has 0 saturated heterocycles. The van der Waals surface area contributed by atoms with Crippen LogP contribution in [0.25, 0.3) is 22.3 Å². The van der Waals surface area contributed by atoms with Crippen LogP contribution in [0, 0.1) is 5.92 Å². The number of nitrogens with one attached hydrogen (secondary N) is 1. The van der Waals surface area contributed by atoms with Gasteiger partial charge in [-0.25, -0.2) is 4.57 Å². The summed E-state index contributed by atoms with van der Waals surface area (Å²) in [5.74, 6) is -1.67. The molecule has 0 amide bonds. The standard InChI is InChI=1S/C32H32NO11P/c1-19(2)15-26(32(37)39-5)33-45(38,43-24-9-7-6-8-10-24)44-25-16-29(41-21(4)35)31-27(36)18-28(42-30(31)17-25)22-11-13-23(14-12-22)40-20(3)34/h6-14,16-19,26H,15H2,1-5H3,(H,33,38)/t26-,45?/m0/s1. The molecule has 0 aliphatic heterocycles. The van der Waals surface area contributed by atoms with Crippen molar-refractivity contribution in [3.63, 3.8) is 0 Å². The van der Waals surface area contributed by atoms with Crippen LogP contribution < -0.4 is 29.0 Å². The van der Waals surface area contributed by atoms with Crippen molar-refractivity contribution in [1.82, 2.24) is 5.09 Å². The third-order valence-corrected chi connectivity index (χ3v) is 7.65. The minimum atomic E-state index is -4.43. The molecule has 3 aromatic carbocycles. The Morgan fingerprint density at radius 1 is 0.844 bits per heavy atom. The summed E-state index contributed by atoms with van der Waals surface area (Å²) in [5, 5.41) is 2.61. The summed E-state index contributed by atoms with van der Waals surface area (Å²) >= 11 is 0. The van der Waals surface area contributed by atoms with Gasteiger partial charge in [-0.3, -0.25) is 19.2 Å². The average molecular weight is 638 g/mol. The zero-order valence-electron chi connectivity index (χ0n) is 25.2. The summed E-state index contributed by atoms with van der Waals surface area (Å²) in [4.78, 5) is 49.1. The van der Waals surface area contributed by atoms with E-state index in [-0.39, 0.29) is 46.3 Å². The molecule has 236 valence electrons. The second-order valence-electron chi connectivity index (χ2n) is 10.3. The first-order chi connectivity index (χ1) is 21.4. The van der Waals surface area contributed by atoms with E-state index in [4.69, 9.17) is 27.7 Å². The van der Waals surface area contributed by atoms with Crippen molar-refractivity contribution in [2.45, 2.75) is 40.2 Å². The number of ether oxygens (including phenoxy) is 3. The van der Waals surface area contributed by atoms with Gasteiger partial charge in [0, 0.05) is 37.6 Å². The molecule has 1 aromatic heterocycles. The minimum absolute atomic E-state index is 0.00111. The van der Waals surface area contributed by atoms with E-state index in [2.05, 4.69) is 5.09 Å². The van der Waals surface area contributed by atoms with Crippen LogP contribution in [0.2, 0.25) is 0 Å². The molecule has 1 N–H and O–H groups in total. The number of rotatable bonds is 12. The van der Waals surface area contributed by atoms with Crippen LogP contribution in [0.3, 0.4) is 0 Å². The molecule has 12 nitrogen and oxygen atoms in total. The van der Waals surface area contributed by atoms with E-state index in [1.54, 1.807) is 42.5 Å². The number of carbonyl (C=O) groups excluding carboxylic acids is 3. The summed E-state index contributed by atoms with van der Waals surface area (Å²) < 4.78 is 47.3. The Morgan fingerprint density at radius 2 is 1.49 bits per heavy atom. The molecule has 1 unspecified atom stereocenters. The summed E-state index contributed by atoms with van der Waals surface area (Å²) in [5.41, 5.74) is -0.129. The van der Waals surface area contributed by atoms with Crippen molar-refractivity contribution in [3.8, 4) is 34.3 Å². The zero-order valence-corrected chi connectivity index (χ0v) is 26.1. The quantitative estimate of drug-likeness (QED) is 0.109. The maximum atomic E-state index is 14.3. The smallest absolute Gasteiger partial charge is 0.468 e. The lowest BCUT2D eigenvalue weighted by Crippen LogP contribution is -2.38. The van der Waals surface area contributed by atoms with E-state index in [9.17, 15) is 23.7 Å². The average Bonchev–Trinajstić information content (AvgIpc) is 2.96. The van der Waals surface area contributed by atoms with E-state index in [0.717, 1.165) is 6.92 Å². The Bertz CT molecular complexity index is 1800. The molecule has 0 radical (unpaired) electrons. The second kappa shape index (κ2) is 14.2. The highest BCUT2D eigenvalue weighted by Crippen LogP contribution is 2.47. The van der Waals surface area contributed by atoms with Crippen LogP contribution in [-0.4, -0.2) is 31.1 Å². The first-order valence-electron chi connectivity index (χ1n) is 13.8. The number of carbonyl (C=O) groups is 3. The number of benzene rings is 3.